The second-order valence-corrected chi connectivity index (χ2v) is 5.45. The summed E-state index contributed by atoms with van der Waals surface area (Å²) >= 11 is 3.14. The number of carbonyl (C=O) groups excluding carboxylic acids is 1. The minimum atomic E-state index is -0.934. The Hall–Kier alpha value is -2.48. The predicted octanol–water partition coefficient (Wildman–Crippen LogP) is 3.90. The highest BCUT2D eigenvalue weighted by Gasteiger charge is 2.20. The van der Waals surface area contributed by atoms with Gasteiger partial charge in [-0.05, 0) is 47.1 Å². The molecule has 0 spiro atoms. The minimum absolute atomic E-state index is 0.0797. The largest absolute Gasteiger partial charge is 0.480 e. The highest BCUT2D eigenvalue weighted by molar-refractivity contribution is 9.10. The molecule has 0 bridgehead atoms. The number of rotatable bonds is 5. The number of nitrogens with zero attached hydrogens (tertiary/aromatic N) is 1. The van der Waals surface area contributed by atoms with Gasteiger partial charge in [0.15, 0.2) is 6.10 Å². The molecule has 0 unspecified atom stereocenters. The van der Waals surface area contributed by atoms with Crippen LogP contribution in [0.3, 0.4) is 0 Å². The number of nitro benzene ring substituents is 1. The maximum Gasteiger partial charge on any atom is 0.292 e. The predicted molar refractivity (Wildman–Crippen MR) is 85.9 cm³/mol. The third-order valence-electron chi connectivity index (χ3n) is 2.93. The van der Waals surface area contributed by atoms with E-state index in [1.807, 2.05) is 0 Å². The molecular weight excluding hydrogens is 371 g/mol. The molecule has 6 nitrogen and oxygen atoms in total. The Bertz CT molecular complexity index is 754. The molecule has 2 aromatic rings. The number of ether oxygens (including phenoxy) is 1. The molecule has 0 aliphatic heterocycles. The number of amides is 1. The average Bonchev–Trinajstić information content (AvgIpc) is 2.50. The molecule has 0 aliphatic rings. The molecule has 1 amide bonds. The highest BCUT2D eigenvalue weighted by atomic mass is 79.9. The van der Waals surface area contributed by atoms with Crippen molar-refractivity contribution in [1.29, 1.82) is 0 Å². The van der Waals surface area contributed by atoms with Gasteiger partial charge in [-0.3, -0.25) is 14.9 Å². The molecule has 0 fully saturated rings. The molecule has 1 atom stereocenters. The Morgan fingerprint density at radius 3 is 2.70 bits per heavy atom. The molecular formula is C15H12BrFN2O4. The molecule has 0 aromatic heterocycles. The smallest absolute Gasteiger partial charge is 0.292 e. The third kappa shape index (κ3) is 4.26. The van der Waals surface area contributed by atoms with Crippen LogP contribution in [-0.2, 0) is 4.79 Å². The summed E-state index contributed by atoms with van der Waals surface area (Å²) < 4.78 is 18.8. The van der Waals surface area contributed by atoms with Gasteiger partial charge in [-0.15, -0.1) is 0 Å². The van der Waals surface area contributed by atoms with E-state index in [4.69, 9.17) is 4.74 Å². The zero-order valence-corrected chi connectivity index (χ0v) is 13.5. The molecule has 2 aromatic carbocycles. The van der Waals surface area contributed by atoms with E-state index >= 15 is 0 Å². The van der Waals surface area contributed by atoms with Crippen molar-refractivity contribution < 1.29 is 18.8 Å². The van der Waals surface area contributed by atoms with Crippen molar-refractivity contribution >= 4 is 33.2 Å². The van der Waals surface area contributed by atoms with Crippen LogP contribution in [0.1, 0.15) is 6.92 Å². The first-order valence-corrected chi connectivity index (χ1v) is 7.34. The van der Waals surface area contributed by atoms with Crippen molar-refractivity contribution in [3.63, 3.8) is 0 Å². The summed E-state index contributed by atoms with van der Waals surface area (Å²) in [4.78, 5) is 22.5. The van der Waals surface area contributed by atoms with Gasteiger partial charge < -0.3 is 10.1 Å². The van der Waals surface area contributed by atoms with Gasteiger partial charge >= 0.3 is 0 Å². The summed E-state index contributed by atoms with van der Waals surface area (Å²) in [6, 6.07) is 9.59. The normalized spacial score (nSPS) is 11.6. The zero-order chi connectivity index (χ0) is 17.0. The van der Waals surface area contributed by atoms with Crippen molar-refractivity contribution in [2.24, 2.45) is 0 Å². The molecule has 0 radical (unpaired) electrons. The van der Waals surface area contributed by atoms with E-state index in [9.17, 15) is 19.3 Å². The number of para-hydroxylation sites is 2. The van der Waals surface area contributed by atoms with Crippen molar-refractivity contribution in [2.75, 3.05) is 5.32 Å². The van der Waals surface area contributed by atoms with Crippen LogP contribution in [0.25, 0.3) is 0 Å². The lowest BCUT2D eigenvalue weighted by molar-refractivity contribution is -0.383. The van der Waals surface area contributed by atoms with Crippen molar-refractivity contribution in [1.82, 2.24) is 0 Å². The Balaban J connectivity index is 2.10. The van der Waals surface area contributed by atoms with Crippen LogP contribution in [0.2, 0.25) is 0 Å². The van der Waals surface area contributed by atoms with E-state index in [-0.39, 0.29) is 17.1 Å². The fourth-order valence-corrected chi connectivity index (χ4v) is 2.23. The summed E-state index contributed by atoms with van der Waals surface area (Å²) in [7, 11) is 0. The van der Waals surface area contributed by atoms with Gasteiger partial charge in [0.25, 0.3) is 11.6 Å². The number of carbonyl (C=O) groups is 1. The van der Waals surface area contributed by atoms with E-state index < -0.39 is 22.8 Å². The average molecular weight is 383 g/mol. The quantitative estimate of drug-likeness (QED) is 0.627. The maximum atomic E-state index is 13.0. The van der Waals surface area contributed by atoms with Crippen LogP contribution >= 0.6 is 15.9 Å². The third-order valence-corrected chi connectivity index (χ3v) is 3.55. The van der Waals surface area contributed by atoms with Gasteiger partial charge in [-0.1, -0.05) is 12.1 Å². The van der Waals surface area contributed by atoms with E-state index in [2.05, 4.69) is 21.2 Å². The van der Waals surface area contributed by atoms with Crippen LogP contribution < -0.4 is 10.1 Å². The number of anilines is 1. The van der Waals surface area contributed by atoms with Crippen LogP contribution in [0.15, 0.2) is 46.9 Å². The SMILES string of the molecule is C[C@H](Oc1ccc(F)cc1Br)C(=O)Nc1ccccc1[N+](=O)[O-]. The Labute approximate surface area is 139 Å². The monoisotopic (exact) mass is 382 g/mol. The van der Waals surface area contributed by atoms with Crippen LogP contribution in [0.5, 0.6) is 5.75 Å². The van der Waals surface area contributed by atoms with Gasteiger partial charge in [-0.2, -0.15) is 0 Å². The fourth-order valence-electron chi connectivity index (χ4n) is 1.79. The molecule has 2 rings (SSSR count). The fraction of sp³-hybridized carbons (Fsp3) is 0.133. The number of hydrogen-bond donors (Lipinski definition) is 1. The lowest BCUT2D eigenvalue weighted by Gasteiger charge is -2.15. The van der Waals surface area contributed by atoms with Gasteiger partial charge in [-0.25, -0.2) is 4.39 Å². The number of nitrogens with one attached hydrogen (secondary N) is 1. The van der Waals surface area contributed by atoms with E-state index in [1.165, 1.54) is 43.3 Å². The van der Waals surface area contributed by atoms with Gasteiger partial charge in [0.05, 0.1) is 9.40 Å². The summed E-state index contributed by atoms with van der Waals surface area (Å²) in [6.07, 6.45) is -0.934. The lowest BCUT2D eigenvalue weighted by atomic mass is 10.2. The van der Waals surface area contributed by atoms with Crippen molar-refractivity contribution in [3.05, 3.63) is 62.9 Å². The Morgan fingerprint density at radius 2 is 2.04 bits per heavy atom. The lowest BCUT2D eigenvalue weighted by Crippen LogP contribution is -2.30. The molecule has 0 saturated carbocycles. The molecule has 1 N–H and O–H groups in total. The van der Waals surface area contributed by atoms with Crippen molar-refractivity contribution in [3.8, 4) is 5.75 Å². The van der Waals surface area contributed by atoms with E-state index in [0.29, 0.717) is 4.47 Å². The standard InChI is InChI=1S/C15H12BrFN2O4/c1-9(23-14-7-6-10(17)8-11(14)16)15(20)18-12-4-2-3-5-13(12)19(21)22/h2-9H,1H3,(H,18,20)/t9-/m0/s1. The first kappa shape index (κ1) is 16.9. The molecule has 120 valence electrons. The summed E-state index contributed by atoms with van der Waals surface area (Å²) in [5.41, 5.74) is -0.132. The van der Waals surface area contributed by atoms with Gasteiger partial charge in [0.1, 0.15) is 17.3 Å². The number of benzene rings is 2. The summed E-state index contributed by atoms with van der Waals surface area (Å²) in [5, 5.41) is 13.4. The Kier molecular flexibility index (Phi) is 5.28. The van der Waals surface area contributed by atoms with Crippen LogP contribution in [0, 0.1) is 15.9 Å². The molecule has 0 saturated heterocycles. The first-order valence-electron chi connectivity index (χ1n) is 6.54. The second kappa shape index (κ2) is 7.19. The highest BCUT2D eigenvalue weighted by Crippen LogP contribution is 2.27. The first-order chi connectivity index (χ1) is 10.9. The topological polar surface area (TPSA) is 81.5 Å². The van der Waals surface area contributed by atoms with E-state index in [1.54, 1.807) is 6.07 Å². The van der Waals surface area contributed by atoms with Crippen LogP contribution in [0.4, 0.5) is 15.8 Å². The second-order valence-electron chi connectivity index (χ2n) is 4.60. The summed E-state index contributed by atoms with van der Waals surface area (Å²) in [6.45, 7) is 1.49. The number of nitro groups is 1. The maximum absolute atomic E-state index is 13.0. The summed E-state index contributed by atoms with van der Waals surface area (Å²) in [5.74, 6) is -0.714. The molecule has 0 aliphatic carbocycles. The zero-order valence-electron chi connectivity index (χ0n) is 12.0. The molecule has 0 heterocycles. The van der Waals surface area contributed by atoms with Crippen LogP contribution in [-0.4, -0.2) is 16.9 Å². The van der Waals surface area contributed by atoms with Gasteiger partial charge in [0, 0.05) is 6.07 Å². The molecule has 8 heteroatoms. The van der Waals surface area contributed by atoms with Crippen molar-refractivity contribution in [2.45, 2.75) is 13.0 Å². The molecule has 23 heavy (non-hydrogen) atoms. The van der Waals surface area contributed by atoms with Gasteiger partial charge in [0.2, 0.25) is 0 Å². The van der Waals surface area contributed by atoms with E-state index in [0.717, 1.165) is 0 Å². The Morgan fingerprint density at radius 1 is 1.35 bits per heavy atom. The minimum Gasteiger partial charge on any atom is -0.480 e. The number of halogens is 2. The number of hydrogen-bond acceptors (Lipinski definition) is 4.